The molecule has 0 radical (unpaired) electrons. The summed E-state index contributed by atoms with van der Waals surface area (Å²) < 4.78 is 62.6. The predicted octanol–water partition coefficient (Wildman–Crippen LogP) is 1.96. The van der Waals surface area contributed by atoms with Crippen molar-refractivity contribution < 1.29 is 26.3 Å². The maximum absolute atomic E-state index is 11.8. The van der Waals surface area contributed by atoms with Crippen LogP contribution in [0.5, 0.6) is 5.75 Å². The fourth-order valence-electron chi connectivity index (χ4n) is 0.939. The summed E-state index contributed by atoms with van der Waals surface area (Å²) in [6.07, 6.45) is -3.82. The molecular formula is C8H8F3NO3S. The highest BCUT2D eigenvalue weighted by Crippen LogP contribution is 2.24. The number of halogens is 3. The lowest BCUT2D eigenvalue weighted by Gasteiger charge is -2.09. The largest absolute Gasteiger partial charge is 0.573 e. The monoisotopic (exact) mass is 255 g/mol. The zero-order valence-corrected chi connectivity index (χ0v) is 8.89. The van der Waals surface area contributed by atoms with Crippen LogP contribution in [0.4, 0.5) is 18.9 Å². The van der Waals surface area contributed by atoms with Crippen LogP contribution in [-0.4, -0.2) is 21.0 Å². The average Bonchev–Trinajstić information content (AvgIpc) is 2.03. The van der Waals surface area contributed by atoms with Crippen molar-refractivity contribution in [3.8, 4) is 5.75 Å². The molecule has 0 unspecified atom stereocenters. The summed E-state index contributed by atoms with van der Waals surface area (Å²) in [5, 5.41) is 0. The van der Waals surface area contributed by atoms with Gasteiger partial charge in [0.15, 0.2) is 0 Å². The molecule has 1 N–H and O–H groups in total. The van der Waals surface area contributed by atoms with Gasteiger partial charge in [-0.3, -0.25) is 4.72 Å². The topological polar surface area (TPSA) is 55.4 Å². The number of ether oxygens (including phenoxy) is 1. The first kappa shape index (κ1) is 12.6. The average molecular weight is 255 g/mol. The van der Waals surface area contributed by atoms with E-state index in [-0.39, 0.29) is 5.69 Å². The summed E-state index contributed by atoms with van der Waals surface area (Å²) in [5.74, 6) is -0.411. The number of hydrogen-bond acceptors (Lipinski definition) is 3. The first-order valence-electron chi connectivity index (χ1n) is 3.99. The standard InChI is InChI=1S/C8H8F3NO3S/c1-16(13,14)12-6-2-4-7(5-3-6)15-8(9,10)11/h2-5,12H,1H3. The Hall–Kier alpha value is -1.44. The van der Waals surface area contributed by atoms with Crippen LogP contribution in [0.3, 0.4) is 0 Å². The van der Waals surface area contributed by atoms with E-state index < -0.39 is 22.1 Å². The second-order valence-electron chi connectivity index (χ2n) is 2.95. The van der Waals surface area contributed by atoms with Gasteiger partial charge in [0.05, 0.1) is 6.26 Å². The Kier molecular flexibility index (Phi) is 3.32. The second-order valence-corrected chi connectivity index (χ2v) is 4.69. The lowest BCUT2D eigenvalue weighted by atomic mass is 10.3. The fraction of sp³-hybridized carbons (Fsp3) is 0.250. The lowest BCUT2D eigenvalue weighted by Crippen LogP contribution is -2.17. The molecule has 1 rings (SSSR count). The molecule has 0 aliphatic carbocycles. The number of benzene rings is 1. The van der Waals surface area contributed by atoms with Gasteiger partial charge in [-0.05, 0) is 24.3 Å². The van der Waals surface area contributed by atoms with E-state index in [1.165, 1.54) is 12.1 Å². The highest BCUT2D eigenvalue weighted by atomic mass is 32.2. The molecule has 0 bridgehead atoms. The number of nitrogens with one attached hydrogen (secondary N) is 1. The zero-order chi connectivity index (χ0) is 12.4. The van der Waals surface area contributed by atoms with Gasteiger partial charge in [-0.15, -0.1) is 13.2 Å². The molecule has 0 saturated carbocycles. The SMILES string of the molecule is CS(=O)(=O)Nc1ccc(OC(F)(F)F)cc1. The third-order valence-electron chi connectivity index (χ3n) is 1.39. The van der Waals surface area contributed by atoms with Gasteiger partial charge >= 0.3 is 6.36 Å². The number of hydrogen-bond donors (Lipinski definition) is 1. The van der Waals surface area contributed by atoms with Crippen LogP contribution >= 0.6 is 0 Å². The molecule has 0 fully saturated rings. The van der Waals surface area contributed by atoms with E-state index in [9.17, 15) is 21.6 Å². The molecule has 0 saturated heterocycles. The number of sulfonamides is 1. The third-order valence-corrected chi connectivity index (χ3v) is 2.00. The lowest BCUT2D eigenvalue weighted by molar-refractivity contribution is -0.274. The highest BCUT2D eigenvalue weighted by Gasteiger charge is 2.30. The molecule has 0 spiro atoms. The van der Waals surface area contributed by atoms with Gasteiger partial charge in [-0.2, -0.15) is 0 Å². The fourth-order valence-corrected chi connectivity index (χ4v) is 1.50. The Morgan fingerprint density at radius 1 is 1.19 bits per heavy atom. The number of rotatable bonds is 3. The van der Waals surface area contributed by atoms with E-state index in [0.29, 0.717) is 0 Å². The van der Waals surface area contributed by atoms with Crippen LogP contribution in [0.1, 0.15) is 0 Å². The molecule has 0 amide bonds. The van der Waals surface area contributed by atoms with E-state index in [1.54, 1.807) is 0 Å². The molecule has 1 aromatic rings. The van der Waals surface area contributed by atoms with E-state index in [1.807, 2.05) is 0 Å². The Labute approximate surface area is 90.1 Å². The Morgan fingerprint density at radius 3 is 2.06 bits per heavy atom. The van der Waals surface area contributed by atoms with Crippen molar-refractivity contribution in [2.45, 2.75) is 6.36 Å². The van der Waals surface area contributed by atoms with E-state index in [4.69, 9.17) is 0 Å². The minimum Gasteiger partial charge on any atom is -0.406 e. The van der Waals surface area contributed by atoms with Gasteiger partial charge < -0.3 is 4.74 Å². The molecule has 0 heterocycles. The van der Waals surface area contributed by atoms with Gasteiger partial charge in [0.2, 0.25) is 10.0 Å². The summed E-state index contributed by atoms with van der Waals surface area (Å²) in [6.45, 7) is 0. The van der Waals surface area contributed by atoms with Crippen molar-refractivity contribution in [1.82, 2.24) is 0 Å². The van der Waals surface area contributed by atoms with Crippen molar-refractivity contribution in [3.63, 3.8) is 0 Å². The third kappa shape index (κ3) is 4.87. The van der Waals surface area contributed by atoms with Crippen LogP contribution in [0.15, 0.2) is 24.3 Å². The van der Waals surface area contributed by atoms with Gasteiger partial charge in [0.1, 0.15) is 5.75 Å². The number of alkyl halides is 3. The summed E-state index contributed by atoms with van der Waals surface area (Å²) >= 11 is 0. The summed E-state index contributed by atoms with van der Waals surface area (Å²) in [4.78, 5) is 0. The molecule has 90 valence electrons. The van der Waals surface area contributed by atoms with Crippen LogP contribution in [0.2, 0.25) is 0 Å². The second kappa shape index (κ2) is 4.20. The number of anilines is 1. The first-order valence-corrected chi connectivity index (χ1v) is 5.88. The van der Waals surface area contributed by atoms with Crippen molar-refractivity contribution >= 4 is 15.7 Å². The van der Waals surface area contributed by atoms with E-state index in [2.05, 4.69) is 9.46 Å². The van der Waals surface area contributed by atoms with Crippen LogP contribution in [0, 0.1) is 0 Å². The summed E-state index contributed by atoms with van der Waals surface area (Å²) in [7, 11) is -3.44. The van der Waals surface area contributed by atoms with E-state index >= 15 is 0 Å². The Morgan fingerprint density at radius 2 is 1.69 bits per heavy atom. The van der Waals surface area contributed by atoms with Crippen LogP contribution in [-0.2, 0) is 10.0 Å². The molecular weight excluding hydrogens is 247 g/mol. The summed E-state index contributed by atoms with van der Waals surface area (Å²) in [5.41, 5.74) is 0.164. The minimum atomic E-state index is -4.76. The van der Waals surface area contributed by atoms with Gasteiger partial charge in [0, 0.05) is 5.69 Å². The highest BCUT2D eigenvalue weighted by molar-refractivity contribution is 7.92. The minimum absolute atomic E-state index is 0.164. The van der Waals surface area contributed by atoms with E-state index in [0.717, 1.165) is 18.4 Å². The molecule has 4 nitrogen and oxygen atoms in total. The summed E-state index contributed by atoms with van der Waals surface area (Å²) in [6, 6.07) is 4.37. The predicted molar refractivity (Wildman–Crippen MR) is 51.6 cm³/mol. The maximum atomic E-state index is 11.8. The molecule has 1 aromatic carbocycles. The van der Waals surface area contributed by atoms with Crippen molar-refractivity contribution in [2.24, 2.45) is 0 Å². The van der Waals surface area contributed by atoms with Crippen molar-refractivity contribution in [1.29, 1.82) is 0 Å². The van der Waals surface area contributed by atoms with Crippen LogP contribution < -0.4 is 9.46 Å². The normalized spacial score (nSPS) is 12.2. The Balaban J connectivity index is 2.76. The molecule has 0 aliphatic heterocycles. The van der Waals surface area contributed by atoms with Gasteiger partial charge in [0.25, 0.3) is 0 Å². The molecule has 0 aliphatic rings. The maximum Gasteiger partial charge on any atom is 0.573 e. The van der Waals surface area contributed by atoms with Gasteiger partial charge in [-0.1, -0.05) is 0 Å². The van der Waals surface area contributed by atoms with Gasteiger partial charge in [-0.25, -0.2) is 8.42 Å². The molecule has 0 atom stereocenters. The van der Waals surface area contributed by atoms with Crippen molar-refractivity contribution in [3.05, 3.63) is 24.3 Å². The quantitative estimate of drug-likeness (QED) is 0.898. The molecule has 16 heavy (non-hydrogen) atoms. The van der Waals surface area contributed by atoms with Crippen molar-refractivity contribution in [2.75, 3.05) is 11.0 Å². The van der Waals surface area contributed by atoms with Crippen LogP contribution in [0.25, 0.3) is 0 Å². The smallest absolute Gasteiger partial charge is 0.406 e. The zero-order valence-electron chi connectivity index (χ0n) is 8.08. The molecule has 8 heteroatoms. The Bertz CT molecular complexity index is 452. The first-order chi connectivity index (χ1) is 7.16. The molecule has 0 aromatic heterocycles.